The highest BCUT2D eigenvalue weighted by atomic mass is 32.2. The number of rotatable bonds is 4. The summed E-state index contributed by atoms with van der Waals surface area (Å²) in [5.41, 5.74) is 5.06. The minimum Gasteiger partial charge on any atom is -0.379 e. The zero-order valence-corrected chi connectivity index (χ0v) is 16.2. The molecule has 0 radical (unpaired) electrons. The number of hydrogen-bond donors (Lipinski definition) is 0. The van der Waals surface area contributed by atoms with Crippen LogP contribution in [0.2, 0.25) is 0 Å². The number of morpholine rings is 1. The Morgan fingerprint density at radius 3 is 2.48 bits per heavy atom. The molecule has 2 aromatic carbocycles. The maximum Gasteiger partial charge on any atom is 0.218 e. The van der Waals surface area contributed by atoms with Gasteiger partial charge < -0.3 is 4.74 Å². The van der Waals surface area contributed by atoms with Gasteiger partial charge in [-0.2, -0.15) is 9.41 Å². The van der Waals surface area contributed by atoms with Crippen LogP contribution in [0.15, 0.2) is 53.6 Å². The average Bonchev–Trinajstić information content (AvgIpc) is 2.68. The van der Waals surface area contributed by atoms with Gasteiger partial charge in [0.15, 0.2) is 0 Å². The lowest BCUT2D eigenvalue weighted by Crippen LogP contribution is -2.41. The number of benzene rings is 2. The van der Waals surface area contributed by atoms with Crippen molar-refractivity contribution in [2.45, 2.75) is 12.3 Å². The van der Waals surface area contributed by atoms with E-state index in [1.807, 2.05) is 48.5 Å². The molecule has 27 heavy (non-hydrogen) atoms. The molecule has 4 rings (SSSR count). The molecule has 0 saturated carbocycles. The second-order valence-electron chi connectivity index (χ2n) is 6.89. The van der Waals surface area contributed by atoms with Gasteiger partial charge in [0.2, 0.25) is 10.0 Å². The minimum atomic E-state index is -3.32. The highest BCUT2D eigenvalue weighted by Gasteiger charge is 2.25. The van der Waals surface area contributed by atoms with Crippen molar-refractivity contribution in [2.75, 3.05) is 33.4 Å². The van der Waals surface area contributed by atoms with Crippen molar-refractivity contribution in [1.82, 2.24) is 9.31 Å². The van der Waals surface area contributed by atoms with Gasteiger partial charge in [0, 0.05) is 31.3 Å². The molecule has 0 unspecified atom stereocenters. The molecule has 2 heterocycles. The SMILES string of the molecule is CN1Cc2ccccc2C(c2ccc(CS(=O)(=O)N3CCOCC3)cc2)=N1. The van der Waals surface area contributed by atoms with Crippen LogP contribution in [0.1, 0.15) is 22.3 Å². The predicted octanol–water partition coefficient (Wildman–Crippen LogP) is 2.05. The Balaban J connectivity index is 1.56. The van der Waals surface area contributed by atoms with Crippen LogP contribution in [0.4, 0.5) is 0 Å². The lowest BCUT2D eigenvalue weighted by atomic mass is 9.96. The van der Waals surface area contributed by atoms with Gasteiger partial charge in [-0.3, -0.25) is 5.01 Å². The largest absolute Gasteiger partial charge is 0.379 e. The first-order valence-corrected chi connectivity index (χ1v) is 10.7. The van der Waals surface area contributed by atoms with E-state index in [9.17, 15) is 8.42 Å². The van der Waals surface area contributed by atoms with E-state index in [4.69, 9.17) is 4.74 Å². The van der Waals surface area contributed by atoms with Gasteiger partial charge in [0.05, 0.1) is 31.2 Å². The highest BCUT2D eigenvalue weighted by Crippen LogP contribution is 2.23. The van der Waals surface area contributed by atoms with E-state index in [1.165, 1.54) is 9.87 Å². The third kappa shape index (κ3) is 3.90. The van der Waals surface area contributed by atoms with Crippen molar-refractivity contribution in [2.24, 2.45) is 5.10 Å². The summed E-state index contributed by atoms with van der Waals surface area (Å²) in [7, 11) is -1.36. The zero-order valence-electron chi connectivity index (χ0n) is 15.3. The monoisotopic (exact) mass is 385 g/mol. The molecular formula is C20H23N3O3S. The summed E-state index contributed by atoms with van der Waals surface area (Å²) >= 11 is 0. The molecule has 2 aromatic rings. The molecule has 142 valence electrons. The van der Waals surface area contributed by atoms with Gasteiger partial charge in [-0.15, -0.1) is 0 Å². The van der Waals surface area contributed by atoms with Gasteiger partial charge in [-0.05, 0) is 11.1 Å². The summed E-state index contributed by atoms with van der Waals surface area (Å²) in [6.45, 7) is 2.58. The maximum absolute atomic E-state index is 12.6. The van der Waals surface area contributed by atoms with Crippen LogP contribution in [0.25, 0.3) is 0 Å². The molecule has 2 aliphatic heterocycles. The second-order valence-corrected chi connectivity index (χ2v) is 8.85. The number of fused-ring (bicyclic) bond motifs is 1. The first-order valence-electron chi connectivity index (χ1n) is 9.06. The first kappa shape index (κ1) is 18.2. The number of hydrazone groups is 1. The Kier molecular flexibility index (Phi) is 4.99. The molecule has 7 heteroatoms. The van der Waals surface area contributed by atoms with Gasteiger partial charge >= 0.3 is 0 Å². The van der Waals surface area contributed by atoms with Crippen molar-refractivity contribution >= 4 is 15.7 Å². The fourth-order valence-corrected chi connectivity index (χ4v) is 5.00. The van der Waals surface area contributed by atoms with Crippen molar-refractivity contribution in [3.63, 3.8) is 0 Å². The van der Waals surface area contributed by atoms with E-state index in [0.29, 0.717) is 26.3 Å². The Morgan fingerprint density at radius 1 is 1.04 bits per heavy atom. The molecule has 6 nitrogen and oxygen atoms in total. The molecule has 0 bridgehead atoms. The topological polar surface area (TPSA) is 62.2 Å². The smallest absolute Gasteiger partial charge is 0.218 e. The van der Waals surface area contributed by atoms with E-state index in [2.05, 4.69) is 17.2 Å². The molecule has 0 aliphatic carbocycles. The van der Waals surface area contributed by atoms with Crippen LogP contribution in [0.3, 0.4) is 0 Å². The van der Waals surface area contributed by atoms with Crippen molar-refractivity contribution in [3.8, 4) is 0 Å². The first-order chi connectivity index (χ1) is 13.0. The summed E-state index contributed by atoms with van der Waals surface area (Å²) < 4.78 is 31.9. The number of sulfonamides is 1. The number of ether oxygens (including phenoxy) is 1. The number of nitrogens with zero attached hydrogens (tertiary/aromatic N) is 3. The van der Waals surface area contributed by atoms with Crippen LogP contribution in [0.5, 0.6) is 0 Å². The Hall–Kier alpha value is -2.22. The molecule has 2 aliphatic rings. The maximum atomic E-state index is 12.6. The van der Waals surface area contributed by atoms with Gasteiger partial charge in [-0.25, -0.2) is 8.42 Å². The summed E-state index contributed by atoms with van der Waals surface area (Å²) in [6, 6.07) is 15.9. The van der Waals surface area contributed by atoms with Crippen LogP contribution >= 0.6 is 0 Å². The zero-order chi connectivity index (χ0) is 18.9. The Labute approximate surface area is 160 Å². The minimum absolute atomic E-state index is 0.0102. The third-order valence-corrected chi connectivity index (χ3v) is 6.73. The van der Waals surface area contributed by atoms with Crippen molar-refractivity contribution in [3.05, 3.63) is 70.8 Å². The summed E-state index contributed by atoms with van der Waals surface area (Å²) in [6.07, 6.45) is 0. The lowest BCUT2D eigenvalue weighted by Gasteiger charge is -2.26. The van der Waals surface area contributed by atoms with E-state index in [-0.39, 0.29) is 5.75 Å². The van der Waals surface area contributed by atoms with E-state index in [1.54, 1.807) is 0 Å². The van der Waals surface area contributed by atoms with Gasteiger partial charge in [0.1, 0.15) is 0 Å². The van der Waals surface area contributed by atoms with Crippen LogP contribution in [0, 0.1) is 0 Å². The fraction of sp³-hybridized carbons (Fsp3) is 0.350. The number of hydrogen-bond acceptors (Lipinski definition) is 5. The molecule has 0 amide bonds. The van der Waals surface area contributed by atoms with Crippen molar-refractivity contribution < 1.29 is 13.2 Å². The van der Waals surface area contributed by atoms with E-state index in [0.717, 1.165) is 28.9 Å². The van der Waals surface area contributed by atoms with Crippen LogP contribution in [-0.2, 0) is 27.1 Å². The molecule has 0 N–H and O–H groups in total. The summed E-state index contributed by atoms with van der Waals surface area (Å²) in [5.74, 6) is 0.0102. The lowest BCUT2D eigenvalue weighted by molar-refractivity contribution is 0.0729. The molecular weight excluding hydrogens is 362 g/mol. The molecule has 0 aromatic heterocycles. The predicted molar refractivity (Wildman–Crippen MR) is 105 cm³/mol. The second kappa shape index (κ2) is 7.42. The fourth-order valence-electron chi connectivity index (χ4n) is 3.49. The van der Waals surface area contributed by atoms with E-state index < -0.39 is 10.0 Å². The Morgan fingerprint density at radius 2 is 1.74 bits per heavy atom. The van der Waals surface area contributed by atoms with Crippen LogP contribution in [-0.4, -0.2) is 56.8 Å². The van der Waals surface area contributed by atoms with Crippen molar-refractivity contribution in [1.29, 1.82) is 0 Å². The quantitative estimate of drug-likeness (QED) is 0.808. The van der Waals surface area contributed by atoms with Gasteiger partial charge in [0.25, 0.3) is 0 Å². The normalized spacial score (nSPS) is 18.1. The Bertz CT molecular complexity index is 949. The standard InChI is InChI=1S/C20H23N3O3S/c1-22-14-18-4-2-3-5-19(18)20(21-22)17-8-6-16(7-9-17)15-27(24,25)23-10-12-26-13-11-23/h2-9H,10-15H2,1H3. The molecule has 1 fully saturated rings. The van der Waals surface area contributed by atoms with Gasteiger partial charge in [-0.1, -0.05) is 48.5 Å². The molecule has 1 saturated heterocycles. The average molecular weight is 385 g/mol. The van der Waals surface area contributed by atoms with E-state index >= 15 is 0 Å². The third-order valence-electron chi connectivity index (χ3n) is 4.88. The molecule has 0 spiro atoms. The highest BCUT2D eigenvalue weighted by molar-refractivity contribution is 7.88. The summed E-state index contributed by atoms with van der Waals surface area (Å²) in [4.78, 5) is 0. The molecule has 0 atom stereocenters. The summed E-state index contributed by atoms with van der Waals surface area (Å²) in [5, 5.41) is 6.61. The van der Waals surface area contributed by atoms with Crippen LogP contribution < -0.4 is 0 Å².